The number of rotatable bonds is 6. The van der Waals surface area contributed by atoms with Crippen LogP contribution in [0.2, 0.25) is 0 Å². The first-order valence-electron chi connectivity index (χ1n) is 12.3. The van der Waals surface area contributed by atoms with E-state index < -0.39 is 23.8 Å². The van der Waals surface area contributed by atoms with Crippen LogP contribution in [0.15, 0.2) is 40.1 Å². The molecule has 0 spiro atoms. The number of hydrogen-bond donors (Lipinski definition) is 1. The van der Waals surface area contributed by atoms with Crippen LogP contribution in [0, 0.1) is 11.8 Å². The van der Waals surface area contributed by atoms with Crippen molar-refractivity contribution in [3.05, 3.63) is 57.0 Å². The standard InChI is InChI=1S/C26H28N8O4/c1-3-4-13-32-22-23(30-25(32)31-12-6-7-17(27)14-31)33(16-21(35)38-2)26(37)34(24(22)36)15-18-9-10-19-20(29-18)8-5-11-28-19/h5,8-11,17H,6-7,12-16,27H2,1-2H3. The molecule has 0 aromatic carbocycles. The molecule has 1 unspecified atom stereocenters. The van der Waals surface area contributed by atoms with Gasteiger partial charge in [0.1, 0.15) is 6.54 Å². The third kappa shape index (κ3) is 4.64. The number of anilines is 1. The van der Waals surface area contributed by atoms with E-state index in [0.29, 0.717) is 35.8 Å². The first-order chi connectivity index (χ1) is 18.4. The molecule has 1 atom stereocenters. The summed E-state index contributed by atoms with van der Waals surface area (Å²) in [5.74, 6) is 5.71. The van der Waals surface area contributed by atoms with Gasteiger partial charge < -0.3 is 15.4 Å². The lowest BCUT2D eigenvalue weighted by Crippen LogP contribution is -2.44. The van der Waals surface area contributed by atoms with Crippen LogP contribution in [0.5, 0.6) is 0 Å². The zero-order valence-electron chi connectivity index (χ0n) is 21.3. The first-order valence-corrected chi connectivity index (χ1v) is 12.3. The molecule has 5 heterocycles. The smallest absolute Gasteiger partial charge is 0.333 e. The maximum absolute atomic E-state index is 13.9. The fourth-order valence-corrected chi connectivity index (χ4v) is 4.74. The second-order valence-electron chi connectivity index (χ2n) is 9.13. The monoisotopic (exact) mass is 516 g/mol. The second-order valence-corrected chi connectivity index (χ2v) is 9.13. The van der Waals surface area contributed by atoms with Crippen LogP contribution in [0.25, 0.3) is 22.2 Å². The van der Waals surface area contributed by atoms with Crippen molar-refractivity contribution in [3.8, 4) is 11.8 Å². The van der Waals surface area contributed by atoms with E-state index in [9.17, 15) is 14.4 Å². The summed E-state index contributed by atoms with van der Waals surface area (Å²) in [4.78, 5) is 55.4. The Hall–Kier alpha value is -4.50. The van der Waals surface area contributed by atoms with E-state index >= 15 is 0 Å². The van der Waals surface area contributed by atoms with Gasteiger partial charge in [-0.3, -0.25) is 28.3 Å². The molecule has 0 bridgehead atoms. The zero-order valence-corrected chi connectivity index (χ0v) is 21.3. The van der Waals surface area contributed by atoms with Crippen molar-refractivity contribution in [3.63, 3.8) is 0 Å². The van der Waals surface area contributed by atoms with Gasteiger partial charge in [-0.05, 0) is 44.0 Å². The summed E-state index contributed by atoms with van der Waals surface area (Å²) in [6, 6.07) is 7.03. The zero-order chi connectivity index (χ0) is 26.8. The van der Waals surface area contributed by atoms with Gasteiger partial charge in [0.15, 0.2) is 11.2 Å². The van der Waals surface area contributed by atoms with E-state index in [0.717, 1.165) is 17.4 Å². The van der Waals surface area contributed by atoms with Gasteiger partial charge in [0.05, 0.1) is 36.9 Å². The van der Waals surface area contributed by atoms with Gasteiger partial charge in [0, 0.05) is 25.3 Å². The molecule has 1 aliphatic rings. The highest BCUT2D eigenvalue weighted by Gasteiger charge is 2.27. The summed E-state index contributed by atoms with van der Waals surface area (Å²) in [5.41, 5.74) is 7.10. The molecule has 0 saturated carbocycles. The number of carbonyl (C=O) groups excluding carboxylic acids is 1. The Morgan fingerprint density at radius 3 is 2.76 bits per heavy atom. The molecule has 12 nitrogen and oxygen atoms in total. The number of carbonyl (C=O) groups is 1. The number of ether oxygens (including phenoxy) is 1. The van der Waals surface area contributed by atoms with Crippen molar-refractivity contribution < 1.29 is 9.53 Å². The molecule has 12 heteroatoms. The van der Waals surface area contributed by atoms with Crippen LogP contribution in [-0.2, 0) is 29.2 Å². The lowest BCUT2D eigenvalue weighted by Gasteiger charge is -2.31. The van der Waals surface area contributed by atoms with E-state index in [4.69, 9.17) is 15.5 Å². The number of piperidine rings is 1. The summed E-state index contributed by atoms with van der Waals surface area (Å²) in [5, 5.41) is 0. The molecular formula is C26H28N8O4. The van der Waals surface area contributed by atoms with Crippen LogP contribution >= 0.6 is 0 Å². The molecule has 1 aliphatic heterocycles. The molecule has 1 fully saturated rings. The van der Waals surface area contributed by atoms with Crippen LogP contribution in [0.4, 0.5) is 5.95 Å². The molecule has 0 radical (unpaired) electrons. The number of pyridine rings is 2. The van der Waals surface area contributed by atoms with Gasteiger partial charge in [0.25, 0.3) is 5.56 Å². The van der Waals surface area contributed by atoms with Gasteiger partial charge in [-0.25, -0.2) is 9.78 Å². The maximum Gasteiger partial charge on any atom is 0.333 e. The van der Waals surface area contributed by atoms with E-state index in [1.165, 1.54) is 11.7 Å². The molecule has 2 N–H and O–H groups in total. The van der Waals surface area contributed by atoms with Crippen molar-refractivity contribution in [2.45, 2.75) is 45.4 Å². The molecule has 196 valence electrons. The Kier molecular flexibility index (Phi) is 6.93. The summed E-state index contributed by atoms with van der Waals surface area (Å²) in [7, 11) is 1.24. The molecular weight excluding hydrogens is 488 g/mol. The molecule has 0 aliphatic carbocycles. The molecule has 38 heavy (non-hydrogen) atoms. The minimum absolute atomic E-state index is 0.0448. The Morgan fingerprint density at radius 2 is 2.00 bits per heavy atom. The topological polar surface area (TPSA) is 143 Å². The van der Waals surface area contributed by atoms with Crippen molar-refractivity contribution in [1.29, 1.82) is 0 Å². The normalized spacial score (nSPS) is 15.4. The average Bonchev–Trinajstić information content (AvgIpc) is 3.31. The first kappa shape index (κ1) is 25.2. The van der Waals surface area contributed by atoms with Gasteiger partial charge in [-0.15, -0.1) is 5.92 Å². The lowest BCUT2D eigenvalue weighted by molar-refractivity contribution is -0.141. The van der Waals surface area contributed by atoms with Crippen molar-refractivity contribution in [2.24, 2.45) is 5.73 Å². The van der Waals surface area contributed by atoms with Gasteiger partial charge in [-0.1, -0.05) is 5.92 Å². The Bertz CT molecular complexity index is 1710. The fourth-order valence-electron chi connectivity index (χ4n) is 4.74. The second kappa shape index (κ2) is 10.5. The predicted octanol–water partition coefficient (Wildman–Crippen LogP) is 0.475. The minimum Gasteiger partial charge on any atom is -0.468 e. The Labute approximate surface area is 217 Å². The number of esters is 1. The van der Waals surface area contributed by atoms with Gasteiger partial charge in [-0.2, -0.15) is 4.98 Å². The van der Waals surface area contributed by atoms with Crippen LogP contribution in [-0.4, -0.2) is 60.9 Å². The third-order valence-electron chi connectivity index (χ3n) is 6.60. The van der Waals surface area contributed by atoms with Crippen molar-refractivity contribution >= 4 is 34.1 Å². The summed E-state index contributed by atoms with van der Waals surface area (Å²) in [6.45, 7) is 2.63. The molecule has 0 amide bonds. The summed E-state index contributed by atoms with van der Waals surface area (Å²) < 4.78 is 8.78. The van der Waals surface area contributed by atoms with Crippen molar-refractivity contribution in [2.75, 3.05) is 25.1 Å². The highest BCUT2D eigenvalue weighted by molar-refractivity contribution is 5.78. The fraction of sp³-hybridized carbons (Fsp3) is 0.385. The quantitative estimate of drug-likeness (QED) is 0.286. The number of imidazole rings is 1. The van der Waals surface area contributed by atoms with E-state index in [1.807, 2.05) is 4.90 Å². The summed E-state index contributed by atoms with van der Waals surface area (Å²) in [6.07, 6.45) is 3.42. The van der Waals surface area contributed by atoms with E-state index in [2.05, 4.69) is 21.8 Å². The lowest BCUT2D eigenvalue weighted by atomic mass is 10.1. The SMILES string of the molecule is CC#CCn1c(N2CCCC(N)C2)nc2c1c(=O)n(Cc1ccc3ncccc3n1)c(=O)n2CC(=O)OC. The minimum atomic E-state index is -0.686. The highest BCUT2D eigenvalue weighted by Crippen LogP contribution is 2.23. The average molecular weight is 517 g/mol. The van der Waals surface area contributed by atoms with Gasteiger partial charge in [0.2, 0.25) is 5.95 Å². The molecule has 4 aromatic heterocycles. The molecule has 4 aromatic rings. The van der Waals surface area contributed by atoms with Crippen LogP contribution in [0.3, 0.4) is 0 Å². The Balaban J connectivity index is 1.74. The molecule has 1 saturated heterocycles. The largest absolute Gasteiger partial charge is 0.468 e. The number of hydrogen-bond acceptors (Lipinski definition) is 9. The van der Waals surface area contributed by atoms with Gasteiger partial charge >= 0.3 is 11.7 Å². The number of methoxy groups -OCH3 is 1. The Morgan fingerprint density at radius 1 is 1.16 bits per heavy atom. The van der Waals surface area contributed by atoms with E-state index in [1.54, 1.807) is 42.0 Å². The number of nitrogens with zero attached hydrogens (tertiary/aromatic N) is 7. The van der Waals surface area contributed by atoms with Crippen molar-refractivity contribution in [1.82, 2.24) is 28.7 Å². The molecule has 5 rings (SSSR count). The number of nitrogens with two attached hydrogens (primary N) is 1. The number of aromatic nitrogens is 6. The third-order valence-corrected chi connectivity index (χ3v) is 6.60. The highest BCUT2D eigenvalue weighted by atomic mass is 16.5. The van der Waals surface area contributed by atoms with Crippen LogP contribution < -0.4 is 21.9 Å². The van der Waals surface area contributed by atoms with E-state index in [-0.39, 0.29) is 30.3 Å². The van der Waals surface area contributed by atoms with Crippen LogP contribution in [0.1, 0.15) is 25.5 Å². The predicted molar refractivity (Wildman–Crippen MR) is 142 cm³/mol. The number of fused-ring (bicyclic) bond motifs is 2. The summed E-state index contributed by atoms with van der Waals surface area (Å²) >= 11 is 0. The maximum atomic E-state index is 13.9.